The zero-order valence-electron chi connectivity index (χ0n) is 10.4. The minimum Gasteiger partial charge on any atom is -0.444 e. The highest BCUT2D eigenvalue weighted by molar-refractivity contribution is 6.34. The van der Waals surface area contributed by atoms with Gasteiger partial charge in [-0.2, -0.15) is 0 Å². The summed E-state index contributed by atoms with van der Waals surface area (Å²) in [6.45, 7) is 2.19. The van der Waals surface area contributed by atoms with Gasteiger partial charge >= 0.3 is 0 Å². The van der Waals surface area contributed by atoms with Crippen molar-refractivity contribution < 1.29 is 9.21 Å². The van der Waals surface area contributed by atoms with E-state index in [1.54, 1.807) is 18.3 Å². The average Bonchev–Trinajstić information content (AvgIpc) is 2.84. The van der Waals surface area contributed by atoms with Crippen molar-refractivity contribution in [2.45, 2.75) is 19.9 Å². The van der Waals surface area contributed by atoms with Crippen LogP contribution in [0.2, 0.25) is 5.02 Å². The van der Waals surface area contributed by atoms with Crippen LogP contribution in [0.5, 0.6) is 0 Å². The molecule has 0 aliphatic carbocycles. The van der Waals surface area contributed by atoms with Crippen molar-refractivity contribution in [3.05, 3.63) is 46.6 Å². The second-order valence-corrected chi connectivity index (χ2v) is 4.40. The molecule has 0 radical (unpaired) electrons. The average molecular weight is 280 g/mol. The Labute approximate surface area is 115 Å². The summed E-state index contributed by atoms with van der Waals surface area (Å²) in [5.41, 5.74) is 6.46. The van der Waals surface area contributed by atoms with Gasteiger partial charge in [0.15, 0.2) is 0 Å². The third kappa shape index (κ3) is 3.26. The molecule has 0 aliphatic rings. The van der Waals surface area contributed by atoms with Gasteiger partial charge in [-0.1, -0.05) is 18.5 Å². The standard InChI is InChI=1S/C13H14ClN3O2/c1-2-9-6-16-12(19-9)7-17-13(18)10-4-3-8(15)5-11(10)14/h3-6H,2,7,15H2,1H3,(H,17,18). The lowest BCUT2D eigenvalue weighted by Crippen LogP contribution is -2.23. The van der Waals surface area contributed by atoms with E-state index in [0.29, 0.717) is 22.2 Å². The Morgan fingerprint density at radius 3 is 2.95 bits per heavy atom. The third-order valence-corrected chi connectivity index (χ3v) is 2.90. The van der Waals surface area contributed by atoms with Crippen LogP contribution in [-0.2, 0) is 13.0 Å². The van der Waals surface area contributed by atoms with Crippen LogP contribution in [0.4, 0.5) is 5.69 Å². The first kappa shape index (κ1) is 13.4. The Morgan fingerprint density at radius 2 is 2.32 bits per heavy atom. The number of hydrogen-bond acceptors (Lipinski definition) is 4. The predicted molar refractivity (Wildman–Crippen MR) is 72.9 cm³/mol. The van der Waals surface area contributed by atoms with Crippen LogP contribution >= 0.6 is 11.6 Å². The number of carbonyl (C=O) groups excluding carboxylic acids is 1. The van der Waals surface area contributed by atoms with Crippen LogP contribution in [0.1, 0.15) is 28.9 Å². The van der Waals surface area contributed by atoms with Crippen molar-refractivity contribution in [2.24, 2.45) is 0 Å². The summed E-state index contributed by atoms with van der Waals surface area (Å²) in [6.07, 6.45) is 2.42. The number of nitrogens with zero attached hydrogens (tertiary/aromatic N) is 1. The number of nitrogen functional groups attached to an aromatic ring is 1. The van der Waals surface area contributed by atoms with Crippen LogP contribution in [0.25, 0.3) is 0 Å². The molecule has 1 aromatic carbocycles. The fourth-order valence-electron chi connectivity index (χ4n) is 1.56. The van der Waals surface area contributed by atoms with Crippen molar-refractivity contribution in [1.29, 1.82) is 0 Å². The number of nitrogens with one attached hydrogen (secondary N) is 1. The lowest BCUT2D eigenvalue weighted by molar-refractivity contribution is 0.0947. The topological polar surface area (TPSA) is 81.2 Å². The van der Waals surface area contributed by atoms with Crippen molar-refractivity contribution in [3.63, 3.8) is 0 Å². The van der Waals surface area contributed by atoms with Crippen LogP contribution in [0.15, 0.2) is 28.8 Å². The third-order valence-electron chi connectivity index (χ3n) is 2.59. The normalized spacial score (nSPS) is 10.4. The quantitative estimate of drug-likeness (QED) is 0.842. The van der Waals surface area contributed by atoms with E-state index in [2.05, 4.69) is 10.3 Å². The maximum absolute atomic E-state index is 11.9. The highest BCUT2D eigenvalue weighted by Crippen LogP contribution is 2.19. The summed E-state index contributed by atoms with van der Waals surface area (Å²) >= 11 is 5.95. The highest BCUT2D eigenvalue weighted by atomic mass is 35.5. The summed E-state index contributed by atoms with van der Waals surface area (Å²) in [7, 11) is 0. The first-order valence-corrected chi connectivity index (χ1v) is 6.24. The van der Waals surface area contributed by atoms with Crippen molar-refractivity contribution in [1.82, 2.24) is 10.3 Å². The fourth-order valence-corrected chi connectivity index (χ4v) is 1.83. The van der Waals surface area contributed by atoms with Gasteiger partial charge in [-0.3, -0.25) is 4.79 Å². The predicted octanol–water partition coefficient (Wildman–Crippen LogP) is 2.40. The smallest absolute Gasteiger partial charge is 0.253 e. The first-order valence-electron chi connectivity index (χ1n) is 5.87. The van der Waals surface area contributed by atoms with Crippen LogP contribution in [0.3, 0.4) is 0 Å². The fraction of sp³-hybridized carbons (Fsp3) is 0.231. The van der Waals surface area contributed by atoms with Crippen molar-refractivity contribution >= 4 is 23.2 Å². The number of aryl methyl sites for hydroxylation is 1. The molecule has 100 valence electrons. The number of anilines is 1. The number of aromatic nitrogens is 1. The Balaban J connectivity index is 2.01. The first-order chi connectivity index (χ1) is 9.10. The van der Waals surface area contributed by atoms with E-state index >= 15 is 0 Å². The zero-order valence-corrected chi connectivity index (χ0v) is 11.2. The van der Waals surface area contributed by atoms with Gasteiger partial charge < -0.3 is 15.5 Å². The van der Waals surface area contributed by atoms with Gasteiger partial charge in [-0.25, -0.2) is 4.98 Å². The van der Waals surface area contributed by atoms with Crippen LogP contribution < -0.4 is 11.1 Å². The monoisotopic (exact) mass is 279 g/mol. The van der Waals surface area contributed by atoms with Gasteiger partial charge in [0.05, 0.1) is 23.3 Å². The molecule has 0 unspecified atom stereocenters. The Bertz CT molecular complexity index is 595. The number of rotatable bonds is 4. The second-order valence-electron chi connectivity index (χ2n) is 4.00. The number of benzene rings is 1. The number of carbonyl (C=O) groups is 1. The molecular formula is C13H14ClN3O2. The minimum absolute atomic E-state index is 0.222. The lowest BCUT2D eigenvalue weighted by atomic mass is 10.2. The molecule has 0 atom stereocenters. The van der Waals surface area contributed by atoms with Crippen LogP contribution in [0, 0.1) is 0 Å². The molecule has 0 fully saturated rings. The molecule has 1 aromatic heterocycles. The Morgan fingerprint density at radius 1 is 1.53 bits per heavy atom. The molecule has 19 heavy (non-hydrogen) atoms. The number of halogens is 1. The zero-order chi connectivity index (χ0) is 13.8. The molecule has 1 heterocycles. The number of amides is 1. The number of oxazole rings is 1. The maximum Gasteiger partial charge on any atom is 0.253 e. The summed E-state index contributed by atoms with van der Waals surface area (Å²) in [4.78, 5) is 16.0. The molecule has 0 saturated heterocycles. The van der Waals surface area contributed by atoms with E-state index in [4.69, 9.17) is 21.8 Å². The summed E-state index contributed by atoms with van der Waals surface area (Å²) < 4.78 is 5.39. The molecule has 0 spiro atoms. The molecule has 2 aromatic rings. The van der Waals surface area contributed by atoms with Gasteiger partial charge in [0.1, 0.15) is 5.76 Å². The summed E-state index contributed by atoms with van der Waals surface area (Å²) in [5.74, 6) is 0.966. The highest BCUT2D eigenvalue weighted by Gasteiger charge is 2.11. The molecule has 6 heteroatoms. The minimum atomic E-state index is -0.291. The SMILES string of the molecule is CCc1cnc(CNC(=O)c2ccc(N)cc2Cl)o1. The maximum atomic E-state index is 11.9. The molecule has 0 bridgehead atoms. The Kier molecular flexibility index (Phi) is 4.06. The van der Waals surface area contributed by atoms with Crippen LogP contribution in [-0.4, -0.2) is 10.9 Å². The van der Waals surface area contributed by atoms with E-state index < -0.39 is 0 Å². The van der Waals surface area contributed by atoms with Crippen molar-refractivity contribution in [3.8, 4) is 0 Å². The molecule has 5 nitrogen and oxygen atoms in total. The second kappa shape index (κ2) is 5.75. The largest absolute Gasteiger partial charge is 0.444 e. The molecule has 0 aliphatic heterocycles. The summed E-state index contributed by atoms with van der Waals surface area (Å²) in [5, 5.41) is 3.01. The van der Waals surface area contributed by atoms with E-state index in [1.807, 2.05) is 6.92 Å². The summed E-state index contributed by atoms with van der Waals surface area (Å²) in [6, 6.07) is 4.75. The van der Waals surface area contributed by atoms with E-state index in [0.717, 1.165) is 12.2 Å². The number of nitrogens with two attached hydrogens (primary N) is 1. The molecule has 3 N–H and O–H groups in total. The number of hydrogen-bond donors (Lipinski definition) is 2. The van der Waals surface area contributed by atoms with E-state index in [9.17, 15) is 4.79 Å². The van der Waals surface area contributed by atoms with Gasteiger partial charge in [0.25, 0.3) is 5.91 Å². The molecular weight excluding hydrogens is 266 g/mol. The molecule has 2 rings (SSSR count). The van der Waals surface area contributed by atoms with Gasteiger partial charge in [-0.15, -0.1) is 0 Å². The van der Waals surface area contributed by atoms with E-state index in [1.165, 1.54) is 6.07 Å². The van der Waals surface area contributed by atoms with Crippen molar-refractivity contribution in [2.75, 3.05) is 5.73 Å². The van der Waals surface area contributed by atoms with Gasteiger partial charge in [0.2, 0.25) is 5.89 Å². The van der Waals surface area contributed by atoms with Gasteiger partial charge in [0, 0.05) is 12.1 Å². The lowest BCUT2D eigenvalue weighted by Gasteiger charge is -2.05. The van der Waals surface area contributed by atoms with Gasteiger partial charge in [-0.05, 0) is 18.2 Å². The molecule has 0 saturated carbocycles. The van der Waals surface area contributed by atoms with E-state index in [-0.39, 0.29) is 12.5 Å². The Hall–Kier alpha value is -2.01. The molecule has 1 amide bonds.